The second-order valence-corrected chi connectivity index (χ2v) is 6.83. The Morgan fingerprint density at radius 3 is 2.77 bits per heavy atom. The standard InChI is InChI=1S/C15H19ClN4OS/c16-15-13(18-19-22-15)9-17-12-3-1-2-4-14(12)20-7-5-11(10-21)6-8-20/h1-4,11,17,21H,5-10H2. The lowest BCUT2D eigenvalue weighted by Gasteiger charge is -2.34. The number of anilines is 2. The monoisotopic (exact) mass is 338 g/mol. The number of piperidine rings is 1. The van der Waals surface area contributed by atoms with Crippen LogP contribution in [-0.2, 0) is 6.54 Å². The number of aliphatic hydroxyl groups is 1. The topological polar surface area (TPSA) is 61.3 Å². The minimum atomic E-state index is 0.295. The van der Waals surface area contributed by atoms with Crippen LogP contribution >= 0.6 is 23.1 Å². The van der Waals surface area contributed by atoms with Gasteiger partial charge in [0, 0.05) is 31.2 Å². The summed E-state index contributed by atoms with van der Waals surface area (Å²) < 4.78 is 4.48. The van der Waals surface area contributed by atoms with Gasteiger partial charge in [-0.15, -0.1) is 5.10 Å². The fourth-order valence-corrected chi connectivity index (χ4v) is 3.36. The van der Waals surface area contributed by atoms with Gasteiger partial charge in [-0.3, -0.25) is 0 Å². The maximum Gasteiger partial charge on any atom is 0.139 e. The van der Waals surface area contributed by atoms with E-state index in [0.29, 0.717) is 23.4 Å². The molecule has 22 heavy (non-hydrogen) atoms. The number of benzene rings is 1. The van der Waals surface area contributed by atoms with Crippen LogP contribution in [0, 0.1) is 5.92 Å². The van der Waals surface area contributed by atoms with Crippen molar-refractivity contribution < 1.29 is 5.11 Å². The first-order valence-electron chi connectivity index (χ1n) is 7.43. The van der Waals surface area contributed by atoms with Gasteiger partial charge in [-0.05, 0) is 30.9 Å². The molecule has 0 radical (unpaired) electrons. The zero-order chi connectivity index (χ0) is 15.4. The van der Waals surface area contributed by atoms with Crippen molar-refractivity contribution in [1.82, 2.24) is 9.59 Å². The molecule has 1 aliphatic heterocycles. The molecule has 1 aromatic carbocycles. The molecule has 0 bridgehead atoms. The number of hydrogen-bond acceptors (Lipinski definition) is 6. The molecule has 7 heteroatoms. The van der Waals surface area contributed by atoms with Crippen LogP contribution in [0.4, 0.5) is 11.4 Å². The number of halogens is 1. The van der Waals surface area contributed by atoms with Crippen LogP contribution in [0.3, 0.4) is 0 Å². The van der Waals surface area contributed by atoms with Gasteiger partial charge in [0.15, 0.2) is 0 Å². The Kier molecular flexibility index (Phi) is 5.12. The van der Waals surface area contributed by atoms with Crippen LogP contribution in [-0.4, -0.2) is 34.4 Å². The van der Waals surface area contributed by atoms with E-state index in [1.54, 1.807) is 0 Å². The molecule has 0 atom stereocenters. The fraction of sp³-hybridized carbons (Fsp3) is 0.467. The van der Waals surface area contributed by atoms with Crippen molar-refractivity contribution in [2.45, 2.75) is 19.4 Å². The first-order chi connectivity index (χ1) is 10.8. The lowest BCUT2D eigenvalue weighted by atomic mass is 9.97. The van der Waals surface area contributed by atoms with Gasteiger partial charge in [0.05, 0.1) is 17.9 Å². The summed E-state index contributed by atoms with van der Waals surface area (Å²) in [6.45, 7) is 2.81. The number of nitrogens with zero attached hydrogens (tertiary/aromatic N) is 3. The highest BCUT2D eigenvalue weighted by Crippen LogP contribution is 2.30. The van der Waals surface area contributed by atoms with Crippen molar-refractivity contribution in [3.05, 3.63) is 34.3 Å². The first kappa shape index (κ1) is 15.5. The molecule has 2 heterocycles. The van der Waals surface area contributed by atoms with Gasteiger partial charge in [-0.1, -0.05) is 28.2 Å². The van der Waals surface area contributed by atoms with Gasteiger partial charge in [0.25, 0.3) is 0 Å². The third-order valence-corrected chi connectivity index (χ3v) is 5.06. The van der Waals surface area contributed by atoms with Crippen LogP contribution in [0.5, 0.6) is 0 Å². The molecule has 0 spiro atoms. The Morgan fingerprint density at radius 2 is 2.09 bits per heavy atom. The number of rotatable bonds is 5. The van der Waals surface area contributed by atoms with Crippen LogP contribution < -0.4 is 10.2 Å². The zero-order valence-corrected chi connectivity index (χ0v) is 13.8. The third-order valence-electron chi connectivity index (χ3n) is 4.07. The van der Waals surface area contributed by atoms with E-state index < -0.39 is 0 Å². The lowest BCUT2D eigenvalue weighted by Crippen LogP contribution is -2.35. The molecule has 1 fully saturated rings. The van der Waals surface area contributed by atoms with Gasteiger partial charge in [0.2, 0.25) is 0 Å². The summed E-state index contributed by atoms with van der Waals surface area (Å²) in [4.78, 5) is 2.37. The van der Waals surface area contributed by atoms with E-state index in [0.717, 1.165) is 37.3 Å². The lowest BCUT2D eigenvalue weighted by molar-refractivity contribution is 0.203. The molecule has 118 valence electrons. The molecule has 5 nitrogen and oxygen atoms in total. The average Bonchev–Trinajstić information content (AvgIpc) is 2.98. The average molecular weight is 339 g/mol. The van der Waals surface area contributed by atoms with Gasteiger partial charge in [0.1, 0.15) is 10.0 Å². The van der Waals surface area contributed by atoms with E-state index in [-0.39, 0.29) is 0 Å². The number of aliphatic hydroxyl groups excluding tert-OH is 1. The number of para-hydroxylation sites is 2. The third kappa shape index (κ3) is 3.51. The minimum Gasteiger partial charge on any atom is -0.396 e. The van der Waals surface area contributed by atoms with Crippen molar-refractivity contribution in [2.75, 3.05) is 29.9 Å². The molecule has 2 aromatic rings. The Balaban J connectivity index is 1.69. The van der Waals surface area contributed by atoms with E-state index in [1.807, 2.05) is 6.07 Å². The predicted octanol–water partition coefficient (Wildman–Crippen LogP) is 3.01. The Morgan fingerprint density at radius 1 is 1.32 bits per heavy atom. The summed E-state index contributed by atoms with van der Waals surface area (Å²) in [5.41, 5.74) is 3.05. The maximum absolute atomic E-state index is 9.26. The Bertz CT molecular complexity index is 613. The molecule has 0 amide bonds. The van der Waals surface area contributed by atoms with E-state index in [2.05, 4.69) is 38.0 Å². The fourth-order valence-electron chi connectivity index (χ4n) is 2.74. The van der Waals surface area contributed by atoms with E-state index in [4.69, 9.17) is 11.6 Å². The van der Waals surface area contributed by atoms with Crippen LogP contribution in [0.2, 0.25) is 4.34 Å². The quantitative estimate of drug-likeness (QED) is 0.877. The molecular weight excluding hydrogens is 320 g/mol. The number of aromatic nitrogens is 2. The van der Waals surface area contributed by atoms with Gasteiger partial charge >= 0.3 is 0 Å². The largest absolute Gasteiger partial charge is 0.396 e. The second kappa shape index (κ2) is 7.26. The van der Waals surface area contributed by atoms with E-state index in [1.165, 1.54) is 17.2 Å². The summed E-state index contributed by atoms with van der Waals surface area (Å²) in [5.74, 6) is 0.441. The van der Waals surface area contributed by atoms with Crippen LogP contribution in [0.1, 0.15) is 18.5 Å². The van der Waals surface area contributed by atoms with E-state index in [9.17, 15) is 5.11 Å². The van der Waals surface area contributed by atoms with Crippen LogP contribution in [0.15, 0.2) is 24.3 Å². The molecule has 0 unspecified atom stereocenters. The Hall–Kier alpha value is -1.37. The summed E-state index contributed by atoms with van der Waals surface area (Å²) in [6, 6.07) is 8.27. The Labute approximate surface area is 139 Å². The van der Waals surface area contributed by atoms with Gasteiger partial charge < -0.3 is 15.3 Å². The van der Waals surface area contributed by atoms with Gasteiger partial charge in [-0.25, -0.2) is 0 Å². The molecule has 1 aliphatic rings. The molecule has 0 saturated carbocycles. The molecule has 2 N–H and O–H groups in total. The SMILES string of the molecule is OCC1CCN(c2ccccc2NCc2nnsc2Cl)CC1. The molecule has 1 saturated heterocycles. The molecule has 3 rings (SSSR count). The summed E-state index contributed by atoms with van der Waals surface area (Å²) >= 11 is 7.25. The highest BCUT2D eigenvalue weighted by molar-refractivity contribution is 7.10. The van der Waals surface area contributed by atoms with Crippen molar-refractivity contribution >= 4 is 34.5 Å². The molecular formula is C15H19ClN4OS. The maximum atomic E-state index is 9.26. The highest BCUT2D eigenvalue weighted by atomic mass is 35.5. The second-order valence-electron chi connectivity index (χ2n) is 5.48. The van der Waals surface area contributed by atoms with Crippen LogP contribution in [0.25, 0.3) is 0 Å². The van der Waals surface area contributed by atoms with Crippen molar-refractivity contribution in [1.29, 1.82) is 0 Å². The number of nitrogens with one attached hydrogen (secondary N) is 1. The normalized spacial score (nSPS) is 16.0. The smallest absolute Gasteiger partial charge is 0.139 e. The van der Waals surface area contributed by atoms with Gasteiger partial charge in [-0.2, -0.15) is 0 Å². The summed E-state index contributed by atoms with van der Waals surface area (Å²) in [7, 11) is 0. The van der Waals surface area contributed by atoms with Crippen molar-refractivity contribution in [3.8, 4) is 0 Å². The predicted molar refractivity (Wildman–Crippen MR) is 90.7 cm³/mol. The highest BCUT2D eigenvalue weighted by Gasteiger charge is 2.20. The van der Waals surface area contributed by atoms with E-state index >= 15 is 0 Å². The number of hydrogen-bond donors (Lipinski definition) is 2. The van der Waals surface area contributed by atoms with Crippen molar-refractivity contribution in [3.63, 3.8) is 0 Å². The zero-order valence-electron chi connectivity index (χ0n) is 12.2. The summed E-state index contributed by atoms with van der Waals surface area (Å²) in [6.07, 6.45) is 2.07. The summed E-state index contributed by atoms with van der Waals surface area (Å²) in [5, 5.41) is 16.7. The molecule has 0 aliphatic carbocycles. The molecule has 1 aromatic heterocycles. The first-order valence-corrected chi connectivity index (χ1v) is 8.58. The minimum absolute atomic E-state index is 0.295. The van der Waals surface area contributed by atoms with Crippen molar-refractivity contribution in [2.24, 2.45) is 5.92 Å².